The molecule has 0 aliphatic heterocycles. The van der Waals surface area contributed by atoms with Gasteiger partial charge in [0.15, 0.2) is 0 Å². The number of carbonyl (C=O) groups excluding carboxylic acids is 1. The van der Waals surface area contributed by atoms with E-state index in [0.717, 1.165) is 6.54 Å². The van der Waals surface area contributed by atoms with E-state index in [9.17, 15) is 4.79 Å². The molecule has 2 aliphatic carbocycles. The van der Waals surface area contributed by atoms with E-state index in [2.05, 4.69) is 13.8 Å². The Morgan fingerprint density at radius 2 is 1.95 bits per heavy atom. The zero-order valence-corrected chi connectivity index (χ0v) is 13.4. The van der Waals surface area contributed by atoms with Gasteiger partial charge in [0.05, 0.1) is 6.10 Å². The first-order valence-electron chi connectivity index (χ1n) is 7.99. The number of nitrogens with zero attached hydrogens (tertiary/aromatic N) is 1. The number of likely N-dealkylation sites (N-methyl/N-ethyl adjacent to an activating group) is 1. The molecule has 0 bridgehead atoms. The van der Waals surface area contributed by atoms with Crippen LogP contribution in [-0.2, 0) is 9.53 Å². The van der Waals surface area contributed by atoms with Gasteiger partial charge in [-0.05, 0) is 25.7 Å². The van der Waals surface area contributed by atoms with Crippen LogP contribution in [0.2, 0.25) is 0 Å². The molecule has 2 fully saturated rings. The Morgan fingerprint density at radius 1 is 1.35 bits per heavy atom. The summed E-state index contributed by atoms with van der Waals surface area (Å²) in [5, 5.41) is 0. The first-order valence-corrected chi connectivity index (χ1v) is 7.99. The van der Waals surface area contributed by atoms with Crippen LogP contribution < -0.4 is 5.73 Å². The van der Waals surface area contributed by atoms with Crippen LogP contribution >= 0.6 is 0 Å². The molecule has 0 aromatic heterocycles. The molecule has 0 aromatic rings. The van der Waals surface area contributed by atoms with Crippen molar-refractivity contribution >= 4 is 5.91 Å². The Morgan fingerprint density at radius 3 is 2.45 bits per heavy atom. The highest BCUT2D eigenvalue weighted by Crippen LogP contribution is 2.50. The lowest BCUT2D eigenvalue weighted by Gasteiger charge is -2.58. The summed E-state index contributed by atoms with van der Waals surface area (Å²) in [5.74, 6) is 0.754. The molecule has 2 atom stereocenters. The number of amides is 1. The quantitative estimate of drug-likeness (QED) is 0.841. The molecule has 0 saturated heterocycles. The summed E-state index contributed by atoms with van der Waals surface area (Å²) in [6, 6.07) is 0. The molecule has 20 heavy (non-hydrogen) atoms. The molecular weight excluding hydrogens is 252 g/mol. The van der Waals surface area contributed by atoms with Gasteiger partial charge >= 0.3 is 0 Å². The average Bonchev–Trinajstić information content (AvgIpc) is 2.90. The standard InChI is InChI=1S/C16H30N2O2/c1-5-20-13-10-16(17,15(13,2)3)14(19)18(4)11-12-8-6-7-9-12/h12-13H,5-11,17H2,1-4H3. The maximum atomic E-state index is 12.7. The molecule has 0 aromatic carbocycles. The highest BCUT2D eigenvalue weighted by atomic mass is 16.5. The Bertz CT molecular complexity index is 363. The molecule has 2 rings (SSSR count). The minimum absolute atomic E-state index is 0.0883. The van der Waals surface area contributed by atoms with Crippen molar-refractivity contribution in [3.63, 3.8) is 0 Å². The average molecular weight is 282 g/mol. The molecule has 2 N–H and O–H groups in total. The second-order valence-electron chi connectivity index (χ2n) is 7.18. The van der Waals surface area contributed by atoms with Crippen molar-refractivity contribution in [2.24, 2.45) is 17.1 Å². The number of carbonyl (C=O) groups is 1. The van der Waals surface area contributed by atoms with E-state index in [4.69, 9.17) is 10.5 Å². The zero-order valence-electron chi connectivity index (χ0n) is 13.4. The lowest BCUT2D eigenvalue weighted by atomic mass is 9.54. The summed E-state index contributed by atoms with van der Waals surface area (Å²) >= 11 is 0. The van der Waals surface area contributed by atoms with E-state index < -0.39 is 5.54 Å². The monoisotopic (exact) mass is 282 g/mol. The normalized spacial score (nSPS) is 33.0. The predicted molar refractivity (Wildman–Crippen MR) is 80.3 cm³/mol. The lowest BCUT2D eigenvalue weighted by molar-refractivity contribution is -0.178. The SMILES string of the molecule is CCOC1CC(N)(C(=O)N(C)CC2CCCC2)C1(C)C. The Labute approximate surface area is 123 Å². The summed E-state index contributed by atoms with van der Waals surface area (Å²) in [5.41, 5.74) is 5.40. The summed E-state index contributed by atoms with van der Waals surface area (Å²) < 4.78 is 5.70. The molecule has 0 spiro atoms. The van der Waals surface area contributed by atoms with Crippen LogP contribution in [0.15, 0.2) is 0 Å². The van der Waals surface area contributed by atoms with Crippen LogP contribution in [0.25, 0.3) is 0 Å². The first kappa shape index (κ1) is 15.8. The maximum Gasteiger partial charge on any atom is 0.243 e. The Hall–Kier alpha value is -0.610. The van der Waals surface area contributed by atoms with Crippen molar-refractivity contribution in [3.05, 3.63) is 0 Å². The fourth-order valence-electron chi connectivity index (χ4n) is 3.80. The van der Waals surface area contributed by atoms with Crippen molar-refractivity contribution < 1.29 is 9.53 Å². The maximum absolute atomic E-state index is 12.7. The minimum atomic E-state index is -0.764. The molecule has 4 heteroatoms. The molecule has 4 nitrogen and oxygen atoms in total. The van der Waals surface area contributed by atoms with E-state index in [1.54, 1.807) is 0 Å². The van der Waals surface area contributed by atoms with Gasteiger partial charge in [0.25, 0.3) is 0 Å². The highest BCUT2D eigenvalue weighted by molar-refractivity contribution is 5.88. The van der Waals surface area contributed by atoms with E-state index in [0.29, 0.717) is 18.9 Å². The molecule has 0 radical (unpaired) electrons. The van der Waals surface area contributed by atoms with Gasteiger partial charge in [-0.2, -0.15) is 0 Å². The van der Waals surface area contributed by atoms with Gasteiger partial charge in [-0.25, -0.2) is 0 Å². The molecule has 116 valence electrons. The fraction of sp³-hybridized carbons (Fsp3) is 0.938. The van der Waals surface area contributed by atoms with Gasteiger partial charge in [0.1, 0.15) is 5.54 Å². The van der Waals surface area contributed by atoms with Crippen LogP contribution in [0.5, 0.6) is 0 Å². The van der Waals surface area contributed by atoms with Gasteiger partial charge in [0.2, 0.25) is 5.91 Å². The minimum Gasteiger partial charge on any atom is -0.378 e. The highest BCUT2D eigenvalue weighted by Gasteiger charge is 2.63. The summed E-state index contributed by atoms with van der Waals surface area (Å²) in [4.78, 5) is 14.6. The van der Waals surface area contributed by atoms with Crippen LogP contribution in [-0.4, -0.2) is 42.6 Å². The van der Waals surface area contributed by atoms with Crippen molar-refractivity contribution in [2.45, 2.75) is 64.5 Å². The molecule has 2 aliphatic rings. The molecule has 2 saturated carbocycles. The van der Waals surface area contributed by atoms with E-state index in [1.807, 2.05) is 18.9 Å². The number of ether oxygens (including phenoxy) is 1. The van der Waals surface area contributed by atoms with Crippen LogP contribution in [0.1, 0.15) is 52.9 Å². The second-order valence-corrected chi connectivity index (χ2v) is 7.18. The molecule has 1 amide bonds. The molecule has 2 unspecified atom stereocenters. The molecule has 0 heterocycles. The van der Waals surface area contributed by atoms with Gasteiger partial charge in [0, 0.05) is 32.0 Å². The topological polar surface area (TPSA) is 55.6 Å². The third-order valence-electron chi connectivity index (χ3n) is 5.57. The van der Waals surface area contributed by atoms with Crippen LogP contribution in [0, 0.1) is 11.3 Å². The van der Waals surface area contributed by atoms with Gasteiger partial charge in [-0.3, -0.25) is 4.79 Å². The van der Waals surface area contributed by atoms with E-state index >= 15 is 0 Å². The number of hydrogen-bond donors (Lipinski definition) is 1. The number of rotatable bonds is 5. The zero-order chi connectivity index (χ0) is 15.0. The van der Waals surface area contributed by atoms with Crippen LogP contribution in [0.4, 0.5) is 0 Å². The summed E-state index contributed by atoms with van der Waals surface area (Å²) in [6.45, 7) is 7.63. The molecular formula is C16H30N2O2. The smallest absolute Gasteiger partial charge is 0.243 e. The van der Waals surface area contributed by atoms with Crippen molar-refractivity contribution in [1.82, 2.24) is 4.90 Å². The summed E-state index contributed by atoms with van der Waals surface area (Å²) in [7, 11) is 1.90. The van der Waals surface area contributed by atoms with Gasteiger partial charge < -0.3 is 15.4 Å². The van der Waals surface area contributed by atoms with Crippen molar-refractivity contribution in [3.8, 4) is 0 Å². The van der Waals surface area contributed by atoms with Crippen LogP contribution in [0.3, 0.4) is 0 Å². The van der Waals surface area contributed by atoms with E-state index in [1.165, 1.54) is 25.7 Å². The Kier molecular flexibility index (Phi) is 4.45. The third-order valence-corrected chi connectivity index (χ3v) is 5.57. The number of nitrogens with two attached hydrogens (primary N) is 1. The van der Waals surface area contributed by atoms with Crippen molar-refractivity contribution in [2.75, 3.05) is 20.2 Å². The first-order chi connectivity index (χ1) is 9.33. The van der Waals surface area contributed by atoms with Gasteiger partial charge in [-0.1, -0.05) is 26.7 Å². The third kappa shape index (κ3) is 2.48. The lowest BCUT2D eigenvalue weighted by Crippen LogP contribution is -2.75. The number of hydrogen-bond acceptors (Lipinski definition) is 3. The summed E-state index contributed by atoms with van der Waals surface area (Å²) in [6.07, 6.45) is 5.85. The predicted octanol–water partition coefficient (Wildman–Crippen LogP) is 2.17. The largest absolute Gasteiger partial charge is 0.378 e. The second kappa shape index (κ2) is 5.64. The fourth-order valence-corrected chi connectivity index (χ4v) is 3.80. The van der Waals surface area contributed by atoms with Gasteiger partial charge in [-0.15, -0.1) is 0 Å². The van der Waals surface area contributed by atoms with E-state index in [-0.39, 0.29) is 17.4 Å². The van der Waals surface area contributed by atoms with Crippen molar-refractivity contribution in [1.29, 1.82) is 0 Å². The Balaban J connectivity index is 1.97.